The van der Waals surface area contributed by atoms with E-state index in [4.69, 9.17) is 10.5 Å². The summed E-state index contributed by atoms with van der Waals surface area (Å²) in [5, 5.41) is 53.4. The van der Waals surface area contributed by atoms with Gasteiger partial charge in [0.05, 0.1) is 18.8 Å². The minimum Gasteiger partial charge on any atom is -0.504 e. The zero-order chi connectivity index (χ0) is 32.2. The summed E-state index contributed by atoms with van der Waals surface area (Å²) in [6.45, 7) is 1.63. The van der Waals surface area contributed by atoms with Gasteiger partial charge in [-0.25, -0.2) is 4.98 Å². The number of nitrogen functional groups attached to an aromatic ring is 1. The van der Waals surface area contributed by atoms with Crippen LogP contribution in [0, 0.1) is 23.7 Å². The monoisotopic (exact) mass is 619 g/mol. The highest BCUT2D eigenvalue weighted by Gasteiger charge is 2.29. The molecule has 9 heteroatoms. The molecule has 1 aromatic carbocycles. The van der Waals surface area contributed by atoms with Crippen molar-refractivity contribution < 1.29 is 30.3 Å². The van der Waals surface area contributed by atoms with Gasteiger partial charge < -0.3 is 41.0 Å². The number of aliphatic hydroxyl groups is 4. The van der Waals surface area contributed by atoms with Crippen LogP contribution in [0.15, 0.2) is 54.9 Å². The van der Waals surface area contributed by atoms with Gasteiger partial charge in [0, 0.05) is 36.3 Å². The van der Waals surface area contributed by atoms with Crippen LogP contribution in [0.5, 0.6) is 11.5 Å². The Labute approximate surface area is 266 Å². The number of ether oxygens (including phenoxy) is 1. The van der Waals surface area contributed by atoms with Gasteiger partial charge in [0.1, 0.15) is 18.0 Å². The van der Waals surface area contributed by atoms with E-state index in [2.05, 4.69) is 28.7 Å². The molecule has 9 nitrogen and oxygen atoms in total. The van der Waals surface area contributed by atoms with Crippen LogP contribution in [0.25, 0.3) is 0 Å². The van der Waals surface area contributed by atoms with Crippen molar-refractivity contribution in [2.75, 3.05) is 12.3 Å². The lowest BCUT2D eigenvalue weighted by molar-refractivity contribution is -0.00843. The van der Waals surface area contributed by atoms with Gasteiger partial charge in [-0.05, 0) is 98.4 Å². The van der Waals surface area contributed by atoms with Crippen molar-refractivity contribution in [3.8, 4) is 23.3 Å². The van der Waals surface area contributed by atoms with Gasteiger partial charge in [-0.1, -0.05) is 31.8 Å². The molecule has 0 bridgehead atoms. The van der Waals surface area contributed by atoms with Crippen LogP contribution in [0.4, 0.5) is 5.82 Å². The van der Waals surface area contributed by atoms with E-state index in [9.17, 15) is 25.5 Å². The number of aryl methyl sites for hydroxylation is 1. The summed E-state index contributed by atoms with van der Waals surface area (Å²) in [6.07, 6.45) is 7.04. The average Bonchev–Trinajstić information content (AvgIpc) is 3.56. The highest BCUT2D eigenvalue weighted by Crippen LogP contribution is 2.34. The SMILES string of the molecule is CC[C@H]1C#CC[C@H]([C@H](O)CCc2ccc(O)c(O[C@H](C[C@H](Cc3ccc[nH]3)c3ccnc(N)c3)[C@H](O)CO)c2)[C@@H](O)CCCC1. The molecule has 0 aliphatic heterocycles. The fourth-order valence-electron chi connectivity index (χ4n) is 6.18. The molecule has 0 amide bonds. The number of rotatable bonds is 14. The Bertz CT molecular complexity index is 1370. The quantitative estimate of drug-likeness (QED) is 0.130. The first kappa shape index (κ1) is 34.3. The lowest BCUT2D eigenvalue weighted by Gasteiger charge is -2.28. The van der Waals surface area contributed by atoms with Crippen molar-refractivity contribution in [2.45, 2.75) is 101 Å². The Kier molecular flexibility index (Phi) is 13.1. The molecule has 45 heavy (non-hydrogen) atoms. The van der Waals surface area contributed by atoms with E-state index in [1.165, 1.54) is 6.07 Å². The number of aromatic nitrogens is 2. The van der Waals surface area contributed by atoms with Gasteiger partial charge in [-0.2, -0.15) is 0 Å². The predicted octanol–water partition coefficient (Wildman–Crippen LogP) is 4.48. The lowest BCUT2D eigenvalue weighted by Crippen LogP contribution is -2.36. The number of nitrogens with one attached hydrogen (secondary N) is 1. The van der Waals surface area contributed by atoms with E-state index >= 15 is 0 Å². The second-order valence-electron chi connectivity index (χ2n) is 12.3. The van der Waals surface area contributed by atoms with Crippen molar-refractivity contribution in [2.24, 2.45) is 11.8 Å². The molecule has 0 unspecified atom stereocenters. The number of benzene rings is 1. The predicted molar refractivity (Wildman–Crippen MR) is 175 cm³/mol. The van der Waals surface area contributed by atoms with Gasteiger partial charge >= 0.3 is 0 Å². The topological polar surface area (TPSA) is 165 Å². The third kappa shape index (κ3) is 10.2. The summed E-state index contributed by atoms with van der Waals surface area (Å²) >= 11 is 0. The van der Waals surface area contributed by atoms with Gasteiger partial charge in [0.25, 0.3) is 0 Å². The third-order valence-corrected chi connectivity index (χ3v) is 9.00. The molecule has 8 N–H and O–H groups in total. The number of nitrogens with zero attached hydrogens (tertiary/aromatic N) is 1. The second kappa shape index (κ2) is 17.2. The molecule has 0 radical (unpaired) electrons. The molecule has 1 aliphatic rings. The Hall–Kier alpha value is -3.55. The Morgan fingerprint density at radius 1 is 1.13 bits per heavy atom. The Balaban J connectivity index is 1.47. The molecule has 0 spiro atoms. The van der Waals surface area contributed by atoms with Crippen LogP contribution in [0.1, 0.15) is 81.0 Å². The number of phenolic OH excluding ortho intramolecular Hbond substituents is 1. The number of aromatic hydroxyl groups is 1. The van der Waals surface area contributed by atoms with Crippen molar-refractivity contribution in [3.05, 3.63) is 71.7 Å². The minimum absolute atomic E-state index is 0.0907. The minimum atomic E-state index is -1.21. The van der Waals surface area contributed by atoms with Crippen LogP contribution in [-0.4, -0.2) is 66.5 Å². The number of phenols is 1. The van der Waals surface area contributed by atoms with Crippen molar-refractivity contribution >= 4 is 5.82 Å². The number of aliphatic hydroxyl groups excluding tert-OH is 4. The smallest absolute Gasteiger partial charge is 0.161 e. The van der Waals surface area contributed by atoms with Gasteiger partial charge in [0.2, 0.25) is 0 Å². The first-order valence-corrected chi connectivity index (χ1v) is 16.2. The molecule has 7 atom stereocenters. The fourth-order valence-corrected chi connectivity index (χ4v) is 6.18. The number of hydrogen-bond donors (Lipinski definition) is 7. The summed E-state index contributed by atoms with van der Waals surface area (Å²) in [5.74, 6) is 6.94. The highest BCUT2D eigenvalue weighted by atomic mass is 16.5. The molecule has 4 rings (SSSR count). The summed E-state index contributed by atoms with van der Waals surface area (Å²) in [4.78, 5) is 7.32. The zero-order valence-electron chi connectivity index (χ0n) is 26.2. The molecule has 2 heterocycles. The van der Waals surface area contributed by atoms with Crippen molar-refractivity contribution in [1.82, 2.24) is 9.97 Å². The molecule has 3 aromatic rings. The largest absolute Gasteiger partial charge is 0.504 e. The summed E-state index contributed by atoms with van der Waals surface area (Å²) in [7, 11) is 0. The van der Waals surface area contributed by atoms with Crippen LogP contribution in [0.3, 0.4) is 0 Å². The standard InChI is InChI=1S/C36H49N3O6/c1-2-24-7-3-4-11-30(41)29(10-5-8-24)31(42)14-12-25-13-15-32(43)34(19-25)45-35(33(44)23-40)21-27(20-28-9-6-17-38-28)26-16-18-39-36(37)22-26/h6,9,13,15-19,22,24,27,29-31,33,35,38,40-44H,2-4,7,10-12,14,20-21,23H2,1H3,(H2,37,39)/t24-,27+,29+,30+,31-,33-,35-/m1/s1. The number of H-pyrrole nitrogens is 1. The average molecular weight is 620 g/mol. The maximum absolute atomic E-state index is 11.1. The maximum Gasteiger partial charge on any atom is 0.161 e. The molecule has 244 valence electrons. The van der Waals surface area contributed by atoms with Crippen LogP contribution in [0.2, 0.25) is 0 Å². The first-order chi connectivity index (χ1) is 21.8. The third-order valence-electron chi connectivity index (χ3n) is 9.00. The summed E-state index contributed by atoms with van der Waals surface area (Å²) in [6, 6.07) is 12.6. The normalized spacial score (nSPS) is 21.6. The molecular weight excluding hydrogens is 570 g/mol. The number of nitrogens with two attached hydrogens (primary N) is 1. The van der Waals surface area contributed by atoms with E-state index in [-0.39, 0.29) is 23.3 Å². The Morgan fingerprint density at radius 2 is 1.96 bits per heavy atom. The van der Waals surface area contributed by atoms with Gasteiger partial charge in [0.15, 0.2) is 11.5 Å². The first-order valence-electron chi connectivity index (χ1n) is 16.2. The van der Waals surface area contributed by atoms with Crippen LogP contribution in [-0.2, 0) is 12.8 Å². The fraction of sp³-hybridized carbons (Fsp3) is 0.528. The van der Waals surface area contributed by atoms with E-state index < -0.39 is 31.0 Å². The van der Waals surface area contributed by atoms with Gasteiger partial charge in [-0.3, -0.25) is 0 Å². The van der Waals surface area contributed by atoms with E-state index in [0.717, 1.165) is 42.5 Å². The van der Waals surface area contributed by atoms with Crippen LogP contribution >= 0.6 is 0 Å². The number of anilines is 1. The molecule has 1 aliphatic carbocycles. The lowest BCUT2D eigenvalue weighted by atomic mass is 9.85. The number of pyridine rings is 1. The summed E-state index contributed by atoms with van der Waals surface area (Å²) in [5.41, 5.74) is 8.72. The van der Waals surface area contributed by atoms with Gasteiger partial charge in [-0.15, -0.1) is 5.92 Å². The molecule has 0 fully saturated rings. The second-order valence-corrected chi connectivity index (χ2v) is 12.3. The summed E-state index contributed by atoms with van der Waals surface area (Å²) < 4.78 is 6.22. The van der Waals surface area contributed by atoms with E-state index in [1.807, 2.05) is 24.4 Å². The van der Waals surface area contributed by atoms with E-state index in [0.29, 0.717) is 50.3 Å². The van der Waals surface area contributed by atoms with E-state index in [1.54, 1.807) is 24.4 Å². The zero-order valence-corrected chi connectivity index (χ0v) is 26.2. The van der Waals surface area contributed by atoms with Crippen LogP contribution < -0.4 is 10.5 Å². The Morgan fingerprint density at radius 3 is 2.69 bits per heavy atom. The highest BCUT2D eigenvalue weighted by molar-refractivity contribution is 5.42. The molecule has 0 saturated carbocycles. The maximum atomic E-state index is 11.1. The molecular formula is C36H49N3O6. The van der Waals surface area contributed by atoms with Crippen molar-refractivity contribution in [1.29, 1.82) is 0 Å². The molecule has 2 aromatic heterocycles. The van der Waals surface area contributed by atoms with Crippen molar-refractivity contribution in [3.63, 3.8) is 0 Å². The number of aromatic amines is 1. The number of hydrogen-bond acceptors (Lipinski definition) is 8. The molecule has 0 saturated heterocycles.